The van der Waals surface area contributed by atoms with E-state index in [2.05, 4.69) is 31.1 Å². The quantitative estimate of drug-likeness (QED) is 0.730. The maximum absolute atomic E-state index is 12.0. The minimum absolute atomic E-state index is 0.0282. The standard InChI is InChI=1S/C20H28N2O3S2/c1-20(2,3)19-21-16(13-26-19)12-22(17-9-10-27(23,24)14-17)11-15-5-7-18(25-4)8-6-15/h5-8,13,17H,9-12,14H2,1-4H3. The topological polar surface area (TPSA) is 59.5 Å². The predicted octanol–water partition coefficient (Wildman–Crippen LogP) is 3.64. The van der Waals surface area contributed by atoms with E-state index >= 15 is 0 Å². The van der Waals surface area contributed by atoms with E-state index in [-0.39, 0.29) is 23.0 Å². The lowest BCUT2D eigenvalue weighted by atomic mass is 9.98. The van der Waals surface area contributed by atoms with Crippen LogP contribution in [0.5, 0.6) is 5.75 Å². The smallest absolute Gasteiger partial charge is 0.151 e. The van der Waals surface area contributed by atoms with E-state index in [0.717, 1.165) is 22.0 Å². The van der Waals surface area contributed by atoms with Crippen molar-refractivity contribution >= 4 is 21.2 Å². The number of ether oxygens (including phenoxy) is 1. The number of rotatable bonds is 6. The minimum Gasteiger partial charge on any atom is -0.497 e. The fourth-order valence-electron chi connectivity index (χ4n) is 3.28. The number of benzene rings is 1. The first kappa shape index (κ1) is 20.3. The molecular formula is C20H28N2O3S2. The zero-order valence-corrected chi connectivity index (χ0v) is 18.1. The molecular weight excluding hydrogens is 380 g/mol. The summed E-state index contributed by atoms with van der Waals surface area (Å²) in [6, 6.07) is 8.00. The van der Waals surface area contributed by atoms with Gasteiger partial charge >= 0.3 is 0 Å². The highest BCUT2D eigenvalue weighted by Crippen LogP contribution is 2.28. The van der Waals surface area contributed by atoms with Gasteiger partial charge in [0.25, 0.3) is 0 Å². The van der Waals surface area contributed by atoms with Gasteiger partial charge in [-0.2, -0.15) is 0 Å². The third-order valence-electron chi connectivity index (χ3n) is 4.83. The van der Waals surface area contributed by atoms with Gasteiger partial charge in [0.2, 0.25) is 0 Å². The fourth-order valence-corrected chi connectivity index (χ4v) is 5.94. The van der Waals surface area contributed by atoms with Gasteiger partial charge in [0.05, 0.1) is 29.3 Å². The number of thiazole rings is 1. The molecule has 3 rings (SSSR count). The summed E-state index contributed by atoms with van der Waals surface area (Å²) in [5.74, 6) is 1.34. The van der Waals surface area contributed by atoms with Gasteiger partial charge < -0.3 is 4.74 Å². The fraction of sp³-hybridized carbons (Fsp3) is 0.550. The summed E-state index contributed by atoms with van der Waals surface area (Å²) >= 11 is 1.68. The Morgan fingerprint density at radius 2 is 1.93 bits per heavy atom. The first-order valence-corrected chi connectivity index (χ1v) is 11.9. The summed E-state index contributed by atoms with van der Waals surface area (Å²) in [5.41, 5.74) is 2.19. The van der Waals surface area contributed by atoms with Crippen LogP contribution in [0.4, 0.5) is 0 Å². The van der Waals surface area contributed by atoms with E-state index in [1.165, 1.54) is 0 Å². The van der Waals surface area contributed by atoms with Gasteiger partial charge in [-0.25, -0.2) is 13.4 Å². The van der Waals surface area contributed by atoms with Gasteiger partial charge in [-0.05, 0) is 24.1 Å². The Kier molecular flexibility index (Phi) is 5.93. The molecule has 1 aromatic heterocycles. The van der Waals surface area contributed by atoms with Crippen molar-refractivity contribution in [2.45, 2.75) is 51.7 Å². The Hall–Kier alpha value is -1.44. The lowest BCUT2D eigenvalue weighted by molar-refractivity contribution is 0.192. The molecule has 2 aromatic rings. The number of hydrogen-bond donors (Lipinski definition) is 0. The summed E-state index contributed by atoms with van der Waals surface area (Å²) in [7, 11) is -1.28. The number of hydrogen-bond acceptors (Lipinski definition) is 6. The number of aromatic nitrogens is 1. The lowest BCUT2D eigenvalue weighted by Gasteiger charge is -2.27. The maximum atomic E-state index is 12.0. The van der Waals surface area contributed by atoms with Crippen molar-refractivity contribution in [1.82, 2.24) is 9.88 Å². The number of sulfone groups is 1. The molecule has 1 unspecified atom stereocenters. The highest BCUT2D eigenvalue weighted by atomic mass is 32.2. The van der Waals surface area contributed by atoms with E-state index in [4.69, 9.17) is 9.72 Å². The molecule has 1 fully saturated rings. The summed E-state index contributed by atoms with van der Waals surface area (Å²) < 4.78 is 29.3. The number of methoxy groups -OCH3 is 1. The second kappa shape index (κ2) is 7.89. The van der Waals surface area contributed by atoms with Crippen LogP contribution in [-0.2, 0) is 28.3 Å². The van der Waals surface area contributed by atoms with Crippen molar-refractivity contribution in [3.8, 4) is 5.75 Å². The molecule has 5 nitrogen and oxygen atoms in total. The van der Waals surface area contributed by atoms with Crippen LogP contribution in [-0.4, -0.2) is 43.0 Å². The van der Waals surface area contributed by atoms with Crippen molar-refractivity contribution in [1.29, 1.82) is 0 Å². The van der Waals surface area contributed by atoms with Gasteiger partial charge in [-0.3, -0.25) is 4.90 Å². The minimum atomic E-state index is -2.93. The van der Waals surface area contributed by atoms with Crippen molar-refractivity contribution in [2.24, 2.45) is 0 Å². The van der Waals surface area contributed by atoms with Crippen LogP contribution in [0.2, 0.25) is 0 Å². The second-order valence-electron chi connectivity index (χ2n) is 8.20. The summed E-state index contributed by atoms with van der Waals surface area (Å²) in [5, 5.41) is 3.21. The van der Waals surface area contributed by atoms with Crippen molar-refractivity contribution < 1.29 is 13.2 Å². The third-order valence-corrected chi connectivity index (χ3v) is 7.90. The molecule has 0 saturated carbocycles. The van der Waals surface area contributed by atoms with Crippen LogP contribution in [0, 0.1) is 0 Å². The molecule has 148 valence electrons. The molecule has 7 heteroatoms. The molecule has 1 aliphatic rings. The second-order valence-corrected chi connectivity index (χ2v) is 11.3. The van der Waals surface area contributed by atoms with Crippen LogP contribution in [0.3, 0.4) is 0 Å². The Morgan fingerprint density at radius 1 is 1.22 bits per heavy atom. The number of nitrogens with zero attached hydrogens (tertiary/aromatic N) is 2. The van der Waals surface area contributed by atoms with Crippen LogP contribution < -0.4 is 4.74 Å². The highest BCUT2D eigenvalue weighted by Gasteiger charge is 2.32. The van der Waals surface area contributed by atoms with Crippen molar-refractivity contribution in [3.05, 3.63) is 45.9 Å². The summed E-state index contributed by atoms with van der Waals surface area (Å²) in [4.78, 5) is 7.06. The van der Waals surface area contributed by atoms with Crippen LogP contribution in [0.25, 0.3) is 0 Å². The molecule has 2 heterocycles. The van der Waals surface area contributed by atoms with Gasteiger partial charge in [0.15, 0.2) is 9.84 Å². The molecule has 0 N–H and O–H groups in total. The average molecular weight is 409 g/mol. The van der Waals surface area contributed by atoms with E-state index < -0.39 is 9.84 Å². The molecule has 1 saturated heterocycles. The Morgan fingerprint density at radius 3 is 2.44 bits per heavy atom. The van der Waals surface area contributed by atoms with Crippen LogP contribution in [0.15, 0.2) is 29.6 Å². The first-order valence-electron chi connectivity index (χ1n) is 9.18. The monoisotopic (exact) mass is 408 g/mol. The van der Waals surface area contributed by atoms with Crippen molar-refractivity contribution in [2.75, 3.05) is 18.6 Å². The van der Waals surface area contributed by atoms with E-state index in [0.29, 0.717) is 19.5 Å². The molecule has 0 spiro atoms. The average Bonchev–Trinajstić information content (AvgIpc) is 3.21. The zero-order chi connectivity index (χ0) is 19.7. The molecule has 27 heavy (non-hydrogen) atoms. The summed E-state index contributed by atoms with van der Waals surface area (Å²) in [6.07, 6.45) is 0.689. The van der Waals surface area contributed by atoms with Crippen LogP contribution in [0.1, 0.15) is 43.5 Å². The molecule has 1 aliphatic heterocycles. The Labute approximate surface area is 166 Å². The molecule has 0 aliphatic carbocycles. The van der Waals surface area contributed by atoms with Gasteiger partial charge in [-0.15, -0.1) is 11.3 Å². The van der Waals surface area contributed by atoms with Gasteiger partial charge in [-0.1, -0.05) is 32.9 Å². The van der Waals surface area contributed by atoms with E-state index in [9.17, 15) is 8.42 Å². The molecule has 1 aromatic carbocycles. The maximum Gasteiger partial charge on any atom is 0.151 e. The third kappa shape index (κ3) is 5.30. The van der Waals surface area contributed by atoms with Crippen LogP contribution >= 0.6 is 11.3 Å². The molecule has 0 radical (unpaired) electrons. The van der Waals surface area contributed by atoms with Gasteiger partial charge in [0, 0.05) is 29.9 Å². The largest absolute Gasteiger partial charge is 0.497 e. The van der Waals surface area contributed by atoms with E-state index in [1.54, 1.807) is 18.4 Å². The molecule has 0 bridgehead atoms. The molecule has 0 amide bonds. The lowest BCUT2D eigenvalue weighted by Crippen LogP contribution is -2.35. The SMILES string of the molecule is COc1ccc(CN(Cc2csc(C(C)(C)C)n2)C2CCS(=O)(=O)C2)cc1. The Bertz CT molecular complexity index is 867. The predicted molar refractivity (Wildman–Crippen MR) is 110 cm³/mol. The van der Waals surface area contributed by atoms with Gasteiger partial charge in [0.1, 0.15) is 5.75 Å². The molecule has 1 atom stereocenters. The zero-order valence-electron chi connectivity index (χ0n) is 16.4. The normalized spacial score (nSPS) is 19.5. The highest BCUT2D eigenvalue weighted by molar-refractivity contribution is 7.91. The summed E-state index contributed by atoms with van der Waals surface area (Å²) in [6.45, 7) is 7.85. The van der Waals surface area contributed by atoms with Crippen molar-refractivity contribution in [3.63, 3.8) is 0 Å². The van der Waals surface area contributed by atoms with E-state index in [1.807, 2.05) is 24.3 Å². The Balaban J connectivity index is 1.80. The first-order chi connectivity index (χ1) is 12.7.